The van der Waals surface area contributed by atoms with Gasteiger partial charge in [-0.3, -0.25) is 9.69 Å². The minimum Gasteiger partial charge on any atom is -0.368 e. The number of hydrogen-bond acceptors (Lipinski definition) is 3. The summed E-state index contributed by atoms with van der Waals surface area (Å²) < 4.78 is 0. The number of unbranched alkanes of at least 4 members (excludes halogenated alkanes) is 1. The smallest absolute Gasteiger partial charge is 0.236 e. The first-order valence-corrected chi connectivity index (χ1v) is 8.80. The average molecular weight is 317 g/mol. The van der Waals surface area contributed by atoms with Crippen LogP contribution in [0.15, 0.2) is 18.2 Å². The van der Waals surface area contributed by atoms with E-state index in [0.29, 0.717) is 6.54 Å². The van der Waals surface area contributed by atoms with Gasteiger partial charge in [-0.2, -0.15) is 0 Å². The topological polar surface area (TPSA) is 26.8 Å². The van der Waals surface area contributed by atoms with Crippen molar-refractivity contribution in [2.24, 2.45) is 0 Å². The molecule has 4 heteroatoms. The quantitative estimate of drug-likeness (QED) is 0.807. The van der Waals surface area contributed by atoms with Gasteiger partial charge in [-0.05, 0) is 51.1 Å². The molecular formula is C19H31N3O. The highest BCUT2D eigenvalue weighted by molar-refractivity contribution is 5.78. The highest BCUT2D eigenvalue weighted by Gasteiger charge is 2.22. The van der Waals surface area contributed by atoms with Crippen LogP contribution in [0.5, 0.6) is 0 Å². The molecule has 1 aliphatic heterocycles. The van der Waals surface area contributed by atoms with Gasteiger partial charge in [-0.15, -0.1) is 0 Å². The first-order chi connectivity index (χ1) is 11.0. The molecule has 23 heavy (non-hydrogen) atoms. The Morgan fingerprint density at radius 2 is 1.87 bits per heavy atom. The number of carbonyl (C=O) groups is 1. The zero-order chi connectivity index (χ0) is 16.8. The van der Waals surface area contributed by atoms with Crippen LogP contribution in [0.25, 0.3) is 0 Å². The van der Waals surface area contributed by atoms with Crippen LogP contribution in [0.4, 0.5) is 5.69 Å². The minimum absolute atomic E-state index is 0.268. The maximum absolute atomic E-state index is 12.4. The molecule has 1 saturated heterocycles. The van der Waals surface area contributed by atoms with E-state index < -0.39 is 0 Å². The molecule has 128 valence electrons. The predicted molar refractivity (Wildman–Crippen MR) is 97.1 cm³/mol. The Labute approximate surface area is 141 Å². The van der Waals surface area contributed by atoms with Gasteiger partial charge in [-0.1, -0.05) is 25.5 Å². The molecule has 4 nitrogen and oxygen atoms in total. The van der Waals surface area contributed by atoms with Gasteiger partial charge in [0.25, 0.3) is 0 Å². The molecule has 0 N–H and O–H groups in total. The summed E-state index contributed by atoms with van der Waals surface area (Å²) in [6.07, 6.45) is 2.33. The summed E-state index contributed by atoms with van der Waals surface area (Å²) >= 11 is 0. The Hall–Kier alpha value is -1.55. The van der Waals surface area contributed by atoms with Gasteiger partial charge in [0, 0.05) is 31.9 Å². The van der Waals surface area contributed by atoms with Gasteiger partial charge < -0.3 is 9.80 Å². The molecule has 0 aliphatic carbocycles. The first kappa shape index (κ1) is 17.8. The second-order valence-corrected chi connectivity index (χ2v) is 6.68. The normalized spacial score (nSPS) is 15.3. The van der Waals surface area contributed by atoms with E-state index in [1.807, 2.05) is 11.9 Å². The van der Waals surface area contributed by atoms with Crippen molar-refractivity contribution in [2.45, 2.75) is 33.6 Å². The molecular weight excluding hydrogens is 286 g/mol. The molecule has 1 aromatic carbocycles. The maximum atomic E-state index is 12.4. The number of hydrogen-bond donors (Lipinski definition) is 0. The highest BCUT2D eigenvalue weighted by Crippen LogP contribution is 2.23. The number of amides is 1. The largest absolute Gasteiger partial charge is 0.368 e. The summed E-state index contributed by atoms with van der Waals surface area (Å²) in [5.74, 6) is 0.268. The van der Waals surface area contributed by atoms with Crippen molar-refractivity contribution in [3.63, 3.8) is 0 Å². The van der Waals surface area contributed by atoms with Crippen LogP contribution in [-0.2, 0) is 4.79 Å². The molecule has 1 heterocycles. The van der Waals surface area contributed by atoms with Crippen LogP contribution in [0, 0.1) is 13.8 Å². The minimum atomic E-state index is 0.268. The van der Waals surface area contributed by atoms with Crippen molar-refractivity contribution < 1.29 is 4.79 Å². The van der Waals surface area contributed by atoms with Crippen molar-refractivity contribution in [3.05, 3.63) is 29.3 Å². The molecule has 1 aromatic rings. The lowest BCUT2D eigenvalue weighted by atomic mass is 10.1. The molecule has 0 saturated carbocycles. The SMILES string of the molecule is CCCCN(C)CC(=O)N1CCN(c2cccc(C)c2C)CC1. The van der Waals surface area contributed by atoms with Gasteiger partial charge in [-0.25, -0.2) is 0 Å². The lowest BCUT2D eigenvalue weighted by Crippen LogP contribution is -2.51. The van der Waals surface area contributed by atoms with E-state index in [1.165, 1.54) is 23.2 Å². The number of anilines is 1. The number of nitrogens with zero attached hydrogens (tertiary/aromatic N) is 3. The fourth-order valence-electron chi connectivity index (χ4n) is 3.11. The van der Waals surface area contributed by atoms with Crippen molar-refractivity contribution in [1.29, 1.82) is 0 Å². The lowest BCUT2D eigenvalue weighted by molar-refractivity contribution is -0.132. The van der Waals surface area contributed by atoms with E-state index in [1.54, 1.807) is 0 Å². The summed E-state index contributed by atoms with van der Waals surface area (Å²) in [6, 6.07) is 6.47. The number of aryl methyl sites for hydroxylation is 1. The molecule has 2 rings (SSSR count). The molecule has 0 spiro atoms. The first-order valence-electron chi connectivity index (χ1n) is 8.80. The van der Waals surface area contributed by atoms with Crippen molar-refractivity contribution in [1.82, 2.24) is 9.80 Å². The predicted octanol–water partition coefficient (Wildman–Crippen LogP) is 2.68. The fourth-order valence-corrected chi connectivity index (χ4v) is 3.11. The Balaban J connectivity index is 1.86. The van der Waals surface area contributed by atoms with Crippen LogP contribution in [0.1, 0.15) is 30.9 Å². The van der Waals surface area contributed by atoms with Crippen LogP contribution in [0.3, 0.4) is 0 Å². The van der Waals surface area contributed by atoms with Gasteiger partial charge in [0.1, 0.15) is 0 Å². The van der Waals surface area contributed by atoms with E-state index in [9.17, 15) is 4.79 Å². The fraction of sp³-hybridized carbons (Fsp3) is 0.632. The third-order valence-electron chi connectivity index (χ3n) is 4.85. The molecule has 1 aliphatic rings. The van der Waals surface area contributed by atoms with Crippen molar-refractivity contribution in [3.8, 4) is 0 Å². The van der Waals surface area contributed by atoms with Crippen LogP contribution >= 0.6 is 0 Å². The van der Waals surface area contributed by atoms with Gasteiger partial charge in [0.05, 0.1) is 6.54 Å². The monoisotopic (exact) mass is 317 g/mol. The standard InChI is InChI=1S/C19H31N3O/c1-5-6-10-20(4)15-19(23)22-13-11-21(12-14-22)18-9-7-8-16(2)17(18)3/h7-9H,5-6,10-15H2,1-4H3. The highest BCUT2D eigenvalue weighted by atomic mass is 16.2. The van der Waals surface area contributed by atoms with Crippen molar-refractivity contribution >= 4 is 11.6 Å². The van der Waals surface area contributed by atoms with E-state index in [0.717, 1.165) is 39.1 Å². The van der Waals surface area contributed by atoms with Crippen LogP contribution in [0.2, 0.25) is 0 Å². The molecule has 0 radical (unpaired) electrons. The number of carbonyl (C=O) groups excluding carboxylic acids is 1. The summed E-state index contributed by atoms with van der Waals surface area (Å²) in [7, 11) is 2.04. The molecule has 1 fully saturated rings. The van der Waals surface area contributed by atoms with Gasteiger partial charge >= 0.3 is 0 Å². The van der Waals surface area contributed by atoms with E-state index in [4.69, 9.17) is 0 Å². The molecule has 1 amide bonds. The Morgan fingerprint density at radius 3 is 2.52 bits per heavy atom. The summed E-state index contributed by atoms with van der Waals surface area (Å²) in [5, 5.41) is 0. The van der Waals surface area contributed by atoms with Crippen LogP contribution in [-0.4, -0.2) is 62.0 Å². The van der Waals surface area contributed by atoms with E-state index in [2.05, 4.69) is 48.8 Å². The summed E-state index contributed by atoms with van der Waals surface area (Å²) in [5.41, 5.74) is 4.00. The second kappa shape index (κ2) is 8.34. The number of piperazine rings is 1. The molecule has 0 atom stereocenters. The number of benzene rings is 1. The number of rotatable bonds is 6. The molecule has 0 aromatic heterocycles. The zero-order valence-corrected chi connectivity index (χ0v) is 15.1. The second-order valence-electron chi connectivity index (χ2n) is 6.68. The van der Waals surface area contributed by atoms with Gasteiger partial charge in [0.2, 0.25) is 5.91 Å². The lowest BCUT2D eigenvalue weighted by Gasteiger charge is -2.37. The molecule has 0 bridgehead atoms. The Bertz CT molecular complexity index is 521. The average Bonchev–Trinajstić information content (AvgIpc) is 2.55. The van der Waals surface area contributed by atoms with Crippen LogP contribution < -0.4 is 4.90 Å². The third kappa shape index (κ3) is 4.71. The number of likely N-dealkylation sites (N-methyl/N-ethyl adjacent to an activating group) is 1. The summed E-state index contributed by atoms with van der Waals surface area (Å²) in [6.45, 7) is 11.6. The maximum Gasteiger partial charge on any atom is 0.236 e. The third-order valence-corrected chi connectivity index (χ3v) is 4.85. The zero-order valence-electron chi connectivity index (χ0n) is 15.1. The molecule has 0 unspecified atom stereocenters. The van der Waals surface area contributed by atoms with Crippen molar-refractivity contribution in [2.75, 3.05) is 51.2 Å². The van der Waals surface area contributed by atoms with Gasteiger partial charge in [0.15, 0.2) is 0 Å². The summed E-state index contributed by atoms with van der Waals surface area (Å²) in [4.78, 5) is 19.0. The Kier molecular flexibility index (Phi) is 6.46. The van der Waals surface area contributed by atoms with E-state index in [-0.39, 0.29) is 5.91 Å². The van der Waals surface area contributed by atoms with E-state index >= 15 is 0 Å². The Morgan fingerprint density at radius 1 is 1.17 bits per heavy atom.